The van der Waals surface area contributed by atoms with Crippen molar-refractivity contribution in [3.8, 4) is 0 Å². The molecule has 0 radical (unpaired) electrons. The molecule has 126 valence electrons. The highest BCUT2D eigenvalue weighted by molar-refractivity contribution is 14.1. The summed E-state index contributed by atoms with van der Waals surface area (Å²) in [6, 6.07) is 0. The van der Waals surface area contributed by atoms with E-state index in [2.05, 4.69) is 20.3 Å². The number of nitrogen functional groups attached to an aromatic ring is 1. The third kappa shape index (κ3) is 4.04. The lowest BCUT2D eigenvalue weighted by atomic mass is 10.2. The van der Waals surface area contributed by atoms with Crippen LogP contribution >= 0.6 is 22.6 Å². The number of fused-ring (bicyclic) bond motifs is 1. The fourth-order valence-electron chi connectivity index (χ4n) is 1.93. The normalized spacial score (nSPS) is 13.9. The van der Waals surface area contributed by atoms with E-state index in [9.17, 15) is 9.90 Å². The lowest BCUT2D eigenvalue weighted by molar-refractivity contribution is -0.147. The Morgan fingerprint density at radius 1 is 1.57 bits per heavy atom. The zero-order valence-electron chi connectivity index (χ0n) is 12.3. The molecule has 0 aliphatic rings. The highest BCUT2D eigenvalue weighted by Gasteiger charge is 2.27. The van der Waals surface area contributed by atoms with E-state index < -0.39 is 24.7 Å². The summed E-state index contributed by atoms with van der Waals surface area (Å²) in [7, 11) is 0. The Morgan fingerprint density at radius 3 is 2.96 bits per heavy atom. The molecule has 11 heteroatoms. The molecular weight excluding hydrogens is 419 g/mol. The number of imidazole rings is 1. The van der Waals surface area contributed by atoms with Crippen molar-refractivity contribution in [2.24, 2.45) is 0 Å². The molecule has 5 N–H and O–H groups in total. The highest BCUT2D eigenvalue weighted by Crippen LogP contribution is 2.17. The Hall–Kier alpha value is -1.57. The summed E-state index contributed by atoms with van der Waals surface area (Å²) < 4.78 is 7.42. The van der Waals surface area contributed by atoms with Crippen molar-refractivity contribution in [1.82, 2.24) is 24.8 Å². The lowest BCUT2D eigenvalue weighted by Crippen LogP contribution is -2.45. The minimum Gasteiger partial charge on any atom is -0.394 e. The first-order valence-corrected chi connectivity index (χ1v) is 7.87. The Morgan fingerprint density at radius 2 is 2.30 bits per heavy atom. The summed E-state index contributed by atoms with van der Waals surface area (Å²) >= 11 is 1.93. The SMILES string of the molecule is CCNC(=O)[C@@H](OCn1cnc2c(N)nc(I)nc21)C(O)CO. The average molecular weight is 436 g/mol. The monoisotopic (exact) mass is 436 g/mol. The molecule has 2 atom stereocenters. The minimum atomic E-state index is -1.34. The maximum absolute atomic E-state index is 11.9. The number of nitrogens with one attached hydrogen (secondary N) is 1. The molecule has 0 saturated heterocycles. The zero-order chi connectivity index (χ0) is 17.0. The molecule has 2 aromatic heterocycles. The summed E-state index contributed by atoms with van der Waals surface area (Å²) in [5, 5.41) is 21.3. The molecule has 0 aliphatic carbocycles. The minimum absolute atomic E-state index is 0.0953. The molecular formula is C12H17IN6O4. The van der Waals surface area contributed by atoms with Crippen molar-refractivity contribution < 1.29 is 19.7 Å². The Labute approximate surface area is 145 Å². The van der Waals surface area contributed by atoms with Crippen LogP contribution < -0.4 is 11.1 Å². The van der Waals surface area contributed by atoms with Crippen molar-refractivity contribution >= 4 is 45.5 Å². The van der Waals surface area contributed by atoms with E-state index in [-0.39, 0.29) is 12.5 Å². The molecule has 2 heterocycles. The first-order valence-electron chi connectivity index (χ1n) is 6.80. The highest BCUT2D eigenvalue weighted by atomic mass is 127. The van der Waals surface area contributed by atoms with Gasteiger partial charge in [-0.15, -0.1) is 0 Å². The number of aromatic nitrogens is 4. The molecule has 23 heavy (non-hydrogen) atoms. The van der Waals surface area contributed by atoms with Crippen LogP contribution in [-0.2, 0) is 16.3 Å². The van der Waals surface area contributed by atoms with Gasteiger partial charge in [-0.25, -0.2) is 15.0 Å². The lowest BCUT2D eigenvalue weighted by Gasteiger charge is -2.21. The van der Waals surface area contributed by atoms with Crippen molar-refractivity contribution in [3.63, 3.8) is 0 Å². The quantitative estimate of drug-likeness (QED) is 0.314. The van der Waals surface area contributed by atoms with Gasteiger partial charge in [-0.05, 0) is 6.92 Å². The number of halogens is 1. The van der Waals surface area contributed by atoms with E-state index in [1.807, 2.05) is 22.6 Å². The molecule has 0 bridgehead atoms. The number of rotatable bonds is 7. The number of nitrogens with zero attached hydrogens (tertiary/aromatic N) is 4. The number of hydrogen-bond acceptors (Lipinski definition) is 8. The van der Waals surface area contributed by atoms with Gasteiger partial charge < -0.3 is 26.0 Å². The molecule has 0 aromatic carbocycles. The van der Waals surface area contributed by atoms with Gasteiger partial charge in [0.1, 0.15) is 18.4 Å². The van der Waals surface area contributed by atoms with Gasteiger partial charge in [0.05, 0.1) is 12.9 Å². The van der Waals surface area contributed by atoms with Crippen LogP contribution in [0.3, 0.4) is 0 Å². The van der Waals surface area contributed by atoms with Crippen LogP contribution in [0.2, 0.25) is 0 Å². The third-order valence-corrected chi connectivity index (χ3v) is 3.49. The van der Waals surface area contributed by atoms with E-state index in [1.165, 1.54) is 10.9 Å². The van der Waals surface area contributed by atoms with Crippen LogP contribution in [0.1, 0.15) is 6.92 Å². The molecule has 1 amide bonds. The second-order valence-corrected chi connectivity index (χ2v) is 5.59. The van der Waals surface area contributed by atoms with Gasteiger partial charge in [-0.3, -0.25) is 9.36 Å². The summed E-state index contributed by atoms with van der Waals surface area (Å²) in [5.41, 5.74) is 6.65. The molecule has 0 saturated carbocycles. The summed E-state index contributed by atoms with van der Waals surface area (Å²) in [6.07, 6.45) is -1.10. The van der Waals surface area contributed by atoms with Gasteiger partial charge in [-0.1, -0.05) is 0 Å². The second kappa shape index (κ2) is 7.81. The Bertz CT molecular complexity index is 693. The van der Waals surface area contributed by atoms with Crippen LogP contribution in [0, 0.1) is 3.83 Å². The Kier molecular flexibility index (Phi) is 6.04. The van der Waals surface area contributed by atoms with E-state index in [4.69, 9.17) is 15.6 Å². The number of carbonyl (C=O) groups excluding carboxylic acids is 1. The number of aliphatic hydroxyl groups excluding tert-OH is 2. The number of carbonyl (C=O) groups is 1. The van der Waals surface area contributed by atoms with Crippen LogP contribution in [0.5, 0.6) is 0 Å². The fourth-order valence-corrected chi connectivity index (χ4v) is 2.41. The smallest absolute Gasteiger partial charge is 0.252 e. The average Bonchev–Trinajstić information content (AvgIpc) is 2.90. The summed E-state index contributed by atoms with van der Waals surface area (Å²) in [6.45, 7) is 1.43. The Balaban J connectivity index is 2.19. The number of hydrogen-bond donors (Lipinski definition) is 4. The second-order valence-electron chi connectivity index (χ2n) is 4.63. The van der Waals surface area contributed by atoms with E-state index in [0.29, 0.717) is 21.5 Å². The number of amides is 1. The van der Waals surface area contributed by atoms with Crippen molar-refractivity contribution in [1.29, 1.82) is 0 Å². The molecule has 0 fully saturated rings. The predicted octanol–water partition coefficient (Wildman–Crippen LogP) is -1.15. The summed E-state index contributed by atoms with van der Waals surface area (Å²) in [5.74, 6) is -0.268. The molecule has 10 nitrogen and oxygen atoms in total. The van der Waals surface area contributed by atoms with E-state index in [1.54, 1.807) is 6.92 Å². The van der Waals surface area contributed by atoms with E-state index >= 15 is 0 Å². The van der Waals surface area contributed by atoms with Gasteiger partial charge in [0.25, 0.3) is 5.91 Å². The maximum atomic E-state index is 11.9. The van der Waals surface area contributed by atoms with Crippen LogP contribution in [0.25, 0.3) is 11.2 Å². The van der Waals surface area contributed by atoms with Crippen LogP contribution in [0.4, 0.5) is 5.82 Å². The first-order chi connectivity index (χ1) is 11.0. The number of aliphatic hydroxyl groups is 2. The zero-order valence-corrected chi connectivity index (χ0v) is 14.5. The summed E-state index contributed by atoms with van der Waals surface area (Å²) in [4.78, 5) is 24.2. The first kappa shape index (κ1) is 17.8. The van der Waals surface area contributed by atoms with Gasteiger partial charge in [0, 0.05) is 29.1 Å². The maximum Gasteiger partial charge on any atom is 0.252 e. The van der Waals surface area contributed by atoms with Gasteiger partial charge >= 0.3 is 0 Å². The van der Waals surface area contributed by atoms with Crippen molar-refractivity contribution in [3.05, 3.63) is 10.2 Å². The van der Waals surface area contributed by atoms with Gasteiger partial charge in [0.15, 0.2) is 21.4 Å². The topological polar surface area (TPSA) is 148 Å². The van der Waals surface area contributed by atoms with Gasteiger partial charge in [-0.2, -0.15) is 0 Å². The molecule has 0 aliphatic heterocycles. The number of anilines is 1. The molecule has 2 aromatic rings. The molecule has 1 unspecified atom stereocenters. The van der Waals surface area contributed by atoms with Crippen LogP contribution in [-0.4, -0.2) is 61.0 Å². The van der Waals surface area contributed by atoms with Crippen LogP contribution in [0.15, 0.2) is 6.33 Å². The molecule has 2 rings (SSSR count). The number of likely N-dealkylation sites (N-methyl/N-ethyl adjacent to an activating group) is 1. The van der Waals surface area contributed by atoms with Crippen molar-refractivity contribution in [2.45, 2.75) is 25.9 Å². The number of ether oxygens (including phenoxy) is 1. The third-order valence-electron chi connectivity index (χ3n) is 3.00. The fraction of sp³-hybridized carbons (Fsp3) is 0.500. The standard InChI is InChI=1S/C12H17IN6O4/c1-2-15-11(22)8(6(21)3-20)23-5-19-4-16-7-9(14)17-12(13)18-10(7)19/h4,6,8,20-21H,2-3,5H2,1H3,(H,15,22)(H2,14,17,18)/t6?,8-/m0/s1. The van der Waals surface area contributed by atoms with Gasteiger partial charge in [0.2, 0.25) is 0 Å². The molecule has 0 spiro atoms. The van der Waals surface area contributed by atoms with Crippen molar-refractivity contribution in [2.75, 3.05) is 18.9 Å². The van der Waals surface area contributed by atoms with E-state index in [0.717, 1.165) is 0 Å². The largest absolute Gasteiger partial charge is 0.394 e. The number of nitrogens with two attached hydrogens (primary N) is 1. The predicted molar refractivity (Wildman–Crippen MR) is 89.1 cm³/mol.